The molecular weight excluding hydrogens is 350 g/mol. The number of hydrogen-bond donors (Lipinski definition) is 1. The zero-order valence-electron chi connectivity index (χ0n) is 11.6. The second-order valence-corrected chi connectivity index (χ2v) is 6.70. The molecule has 0 aliphatic carbocycles. The van der Waals surface area contributed by atoms with E-state index in [0.717, 1.165) is 52.2 Å². The number of rotatable bonds is 2. The molecule has 21 heavy (non-hydrogen) atoms. The molecule has 0 spiro atoms. The van der Waals surface area contributed by atoms with Crippen molar-refractivity contribution in [2.24, 2.45) is 0 Å². The topological polar surface area (TPSA) is 23.5 Å². The van der Waals surface area contributed by atoms with Crippen molar-refractivity contribution in [2.45, 2.75) is 25.5 Å². The first-order valence-electron chi connectivity index (χ1n) is 7.11. The summed E-state index contributed by atoms with van der Waals surface area (Å²) in [6.45, 7) is 1.69. The zero-order chi connectivity index (χ0) is 14.8. The van der Waals surface area contributed by atoms with Gasteiger partial charge in [-0.2, -0.15) is 0 Å². The highest BCUT2D eigenvalue weighted by Crippen LogP contribution is 2.34. The number of hydrogen-bond acceptors (Lipinski definition) is 2. The molecule has 2 aromatic carbocycles. The monoisotopic (exact) mass is 365 g/mol. The number of aliphatic hydroxyl groups is 1. The van der Waals surface area contributed by atoms with Crippen LogP contribution in [0, 0.1) is 0 Å². The maximum absolute atomic E-state index is 10.3. The molecule has 0 bridgehead atoms. The Kier molecular flexibility index (Phi) is 4.53. The second kappa shape index (κ2) is 6.39. The Bertz CT molecular complexity index is 646. The van der Waals surface area contributed by atoms with E-state index in [2.05, 4.69) is 33.0 Å². The summed E-state index contributed by atoms with van der Waals surface area (Å²) in [6.07, 6.45) is 1.41. The standard InChI is InChI=1S/C17H17BrClNO/c18-13-8-7-12(15(19)10-13)11-20-9-3-6-17(21)14-4-1-2-5-16(14)20/h1-2,4-5,7-8,10,17,21H,3,6,9,11H2. The number of fused-ring (bicyclic) bond motifs is 1. The van der Waals surface area contributed by atoms with Crippen molar-refractivity contribution in [3.63, 3.8) is 0 Å². The van der Waals surface area contributed by atoms with Crippen LogP contribution in [0.15, 0.2) is 46.9 Å². The van der Waals surface area contributed by atoms with Gasteiger partial charge < -0.3 is 10.0 Å². The van der Waals surface area contributed by atoms with Crippen molar-refractivity contribution < 1.29 is 5.11 Å². The summed E-state index contributed by atoms with van der Waals surface area (Å²) in [4.78, 5) is 2.31. The van der Waals surface area contributed by atoms with Crippen LogP contribution in [0.1, 0.15) is 30.1 Å². The van der Waals surface area contributed by atoms with Crippen molar-refractivity contribution in [1.82, 2.24) is 0 Å². The molecule has 110 valence electrons. The average molecular weight is 367 g/mol. The molecule has 0 radical (unpaired) electrons. The maximum atomic E-state index is 10.3. The van der Waals surface area contributed by atoms with Crippen molar-refractivity contribution >= 4 is 33.2 Å². The number of benzene rings is 2. The summed E-state index contributed by atoms with van der Waals surface area (Å²) >= 11 is 9.78. The molecule has 2 nitrogen and oxygen atoms in total. The second-order valence-electron chi connectivity index (χ2n) is 5.37. The number of aliphatic hydroxyl groups excluding tert-OH is 1. The maximum Gasteiger partial charge on any atom is 0.0810 e. The summed E-state index contributed by atoms with van der Waals surface area (Å²) in [5.74, 6) is 0. The molecule has 1 atom stereocenters. The zero-order valence-corrected chi connectivity index (χ0v) is 13.9. The van der Waals surface area contributed by atoms with Gasteiger partial charge in [-0.3, -0.25) is 0 Å². The van der Waals surface area contributed by atoms with Gasteiger partial charge in [0.15, 0.2) is 0 Å². The van der Waals surface area contributed by atoms with Crippen LogP contribution in [-0.4, -0.2) is 11.7 Å². The van der Waals surface area contributed by atoms with Crippen LogP contribution in [0.3, 0.4) is 0 Å². The van der Waals surface area contributed by atoms with Gasteiger partial charge in [-0.25, -0.2) is 0 Å². The van der Waals surface area contributed by atoms with Crippen LogP contribution in [0.5, 0.6) is 0 Å². The molecule has 1 aliphatic rings. The lowest BCUT2D eigenvalue weighted by atomic mass is 10.0. The highest BCUT2D eigenvalue weighted by atomic mass is 79.9. The highest BCUT2D eigenvalue weighted by Gasteiger charge is 2.21. The lowest BCUT2D eigenvalue weighted by Crippen LogP contribution is -2.23. The average Bonchev–Trinajstić information content (AvgIpc) is 2.63. The molecule has 2 aromatic rings. The Morgan fingerprint density at radius 1 is 1.24 bits per heavy atom. The normalized spacial score (nSPS) is 18.2. The molecule has 4 heteroatoms. The van der Waals surface area contributed by atoms with E-state index in [1.54, 1.807) is 0 Å². The van der Waals surface area contributed by atoms with Crippen molar-refractivity contribution in [3.8, 4) is 0 Å². The van der Waals surface area contributed by atoms with Crippen molar-refractivity contribution in [3.05, 3.63) is 63.1 Å². The highest BCUT2D eigenvalue weighted by molar-refractivity contribution is 9.10. The number of halogens is 2. The number of anilines is 1. The van der Waals surface area contributed by atoms with Crippen LogP contribution in [0.4, 0.5) is 5.69 Å². The molecule has 0 aromatic heterocycles. The third-order valence-electron chi connectivity index (χ3n) is 3.92. The van der Waals surface area contributed by atoms with E-state index in [0.29, 0.717) is 0 Å². The summed E-state index contributed by atoms with van der Waals surface area (Å²) in [5.41, 5.74) is 3.23. The smallest absolute Gasteiger partial charge is 0.0810 e. The van der Waals surface area contributed by atoms with Gasteiger partial charge in [-0.15, -0.1) is 0 Å². The molecule has 3 rings (SSSR count). The molecule has 1 unspecified atom stereocenters. The molecule has 0 fully saturated rings. The summed E-state index contributed by atoms with van der Waals surface area (Å²) in [7, 11) is 0. The molecule has 0 saturated heterocycles. The number of nitrogens with zero attached hydrogens (tertiary/aromatic N) is 1. The molecule has 0 saturated carbocycles. The number of para-hydroxylation sites is 1. The summed E-state index contributed by atoms with van der Waals surface area (Å²) in [5, 5.41) is 11.0. The van der Waals surface area contributed by atoms with E-state index in [1.165, 1.54) is 0 Å². The van der Waals surface area contributed by atoms with E-state index in [1.807, 2.05) is 30.3 Å². The fraction of sp³-hybridized carbons (Fsp3) is 0.294. The lowest BCUT2D eigenvalue weighted by Gasteiger charge is -2.25. The molecule has 1 N–H and O–H groups in total. The SMILES string of the molecule is OC1CCCN(Cc2ccc(Br)cc2Cl)c2ccccc21. The van der Waals surface area contributed by atoms with Crippen LogP contribution in [-0.2, 0) is 6.54 Å². The third-order valence-corrected chi connectivity index (χ3v) is 4.76. The van der Waals surface area contributed by atoms with E-state index in [4.69, 9.17) is 11.6 Å². The molecule has 1 aliphatic heterocycles. The molecule has 1 heterocycles. The van der Waals surface area contributed by atoms with Crippen LogP contribution < -0.4 is 4.90 Å². The van der Waals surface area contributed by atoms with Gasteiger partial charge in [-0.05, 0) is 36.6 Å². The van der Waals surface area contributed by atoms with Gasteiger partial charge in [0.05, 0.1) is 6.10 Å². The van der Waals surface area contributed by atoms with Gasteiger partial charge in [-0.1, -0.05) is 51.8 Å². The van der Waals surface area contributed by atoms with Gasteiger partial charge in [0.25, 0.3) is 0 Å². The van der Waals surface area contributed by atoms with Crippen LogP contribution >= 0.6 is 27.5 Å². The van der Waals surface area contributed by atoms with E-state index < -0.39 is 0 Å². The first kappa shape index (κ1) is 14.9. The Morgan fingerprint density at radius 3 is 2.86 bits per heavy atom. The van der Waals surface area contributed by atoms with Gasteiger partial charge in [0, 0.05) is 33.8 Å². The molecule has 0 amide bonds. The Hall–Kier alpha value is -1.03. The lowest BCUT2D eigenvalue weighted by molar-refractivity contribution is 0.168. The third kappa shape index (κ3) is 3.25. The Balaban J connectivity index is 1.93. The van der Waals surface area contributed by atoms with Crippen LogP contribution in [0.2, 0.25) is 5.02 Å². The minimum absolute atomic E-state index is 0.369. The van der Waals surface area contributed by atoms with Gasteiger partial charge in [0.2, 0.25) is 0 Å². The summed E-state index contributed by atoms with van der Waals surface area (Å²) in [6, 6.07) is 14.1. The first-order valence-corrected chi connectivity index (χ1v) is 8.28. The van der Waals surface area contributed by atoms with Crippen LogP contribution in [0.25, 0.3) is 0 Å². The van der Waals surface area contributed by atoms with Crippen molar-refractivity contribution in [1.29, 1.82) is 0 Å². The minimum atomic E-state index is -0.369. The first-order chi connectivity index (χ1) is 10.1. The van der Waals surface area contributed by atoms with E-state index in [-0.39, 0.29) is 6.10 Å². The van der Waals surface area contributed by atoms with Crippen molar-refractivity contribution in [2.75, 3.05) is 11.4 Å². The Morgan fingerprint density at radius 2 is 2.05 bits per heavy atom. The largest absolute Gasteiger partial charge is 0.388 e. The van der Waals surface area contributed by atoms with E-state index in [9.17, 15) is 5.11 Å². The quantitative estimate of drug-likeness (QED) is 0.814. The van der Waals surface area contributed by atoms with Gasteiger partial charge >= 0.3 is 0 Å². The molecular formula is C17H17BrClNO. The van der Waals surface area contributed by atoms with E-state index >= 15 is 0 Å². The fourth-order valence-electron chi connectivity index (χ4n) is 2.83. The minimum Gasteiger partial charge on any atom is -0.388 e. The van der Waals surface area contributed by atoms with Gasteiger partial charge in [0.1, 0.15) is 0 Å². The fourth-order valence-corrected chi connectivity index (χ4v) is 3.56. The Labute approximate surface area is 138 Å². The predicted octanol–water partition coefficient (Wildman–Crippen LogP) is 4.94. The summed E-state index contributed by atoms with van der Waals surface area (Å²) < 4.78 is 0.989. The predicted molar refractivity (Wildman–Crippen MR) is 90.8 cm³/mol.